The molecular formula is C26H29N3O2S. The summed E-state index contributed by atoms with van der Waals surface area (Å²) >= 11 is 1.48. The van der Waals surface area contributed by atoms with Crippen LogP contribution in [0.4, 0.5) is 0 Å². The van der Waals surface area contributed by atoms with Gasteiger partial charge in [0.05, 0.1) is 23.4 Å². The molecule has 2 aromatic heterocycles. The summed E-state index contributed by atoms with van der Waals surface area (Å²) in [5.74, 6) is 1.32. The molecule has 5 nitrogen and oxygen atoms in total. The number of para-hydroxylation sites is 2. The Bertz CT molecular complexity index is 1240. The summed E-state index contributed by atoms with van der Waals surface area (Å²) in [6.07, 6.45) is 1.05. The van der Waals surface area contributed by atoms with Crippen LogP contribution in [0.25, 0.3) is 16.7 Å². The highest BCUT2D eigenvalue weighted by Crippen LogP contribution is 2.30. The van der Waals surface area contributed by atoms with E-state index in [0.717, 1.165) is 57.5 Å². The topological polar surface area (TPSA) is 49.0 Å². The quantitative estimate of drug-likeness (QED) is 0.225. The van der Waals surface area contributed by atoms with E-state index in [4.69, 9.17) is 9.72 Å². The molecule has 4 aromatic rings. The van der Waals surface area contributed by atoms with Crippen molar-refractivity contribution in [3.8, 4) is 11.4 Å². The van der Waals surface area contributed by atoms with Crippen LogP contribution in [0.3, 0.4) is 0 Å². The van der Waals surface area contributed by atoms with Gasteiger partial charge in [0, 0.05) is 29.2 Å². The minimum Gasteiger partial charge on any atom is -0.494 e. The molecule has 0 radical (unpaired) electrons. The van der Waals surface area contributed by atoms with E-state index < -0.39 is 0 Å². The number of fused-ring (bicyclic) bond motifs is 1. The maximum absolute atomic E-state index is 13.1. The van der Waals surface area contributed by atoms with E-state index in [1.807, 2.05) is 62.4 Å². The van der Waals surface area contributed by atoms with Crippen molar-refractivity contribution < 1.29 is 9.53 Å². The molecular weight excluding hydrogens is 418 g/mol. The number of nitrogens with zero attached hydrogens (tertiary/aromatic N) is 3. The molecule has 0 aliphatic heterocycles. The molecule has 0 N–H and O–H groups in total. The Morgan fingerprint density at radius 1 is 1.06 bits per heavy atom. The smallest absolute Gasteiger partial charge is 0.175 e. The van der Waals surface area contributed by atoms with Gasteiger partial charge in [-0.15, -0.1) is 0 Å². The number of ether oxygens (including phenoxy) is 1. The molecule has 0 unspecified atom stereocenters. The molecule has 0 fully saturated rings. The van der Waals surface area contributed by atoms with E-state index in [0.29, 0.717) is 12.4 Å². The van der Waals surface area contributed by atoms with Crippen LogP contribution in [0.15, 0.2) is 59.8 Å². The average molecular weight is 448 g/mol. The second kappa shape index (κ2) is 9.65. The van der Waals surface area contributed by atoms with Crippen molar-refractivity contribution in [1.29, 1.82) is 0 Å². The molecule has 32 heavy (non-hydrogen) atoms. The molecule has 0 amide bonds. The van der Waals surface area contributed by atoms with Crippen LogP contribution in [0.1, 0.15) is 42.0 Å². The number of carbonyl (C=O) groups is 1. The van der Waals surface area contributed by atoms with Gasteiger partial charge in [0.1, 0.15) is 5.75 Å². The fourth-order valence-electron chi connectivity index (χ4n) is 4.07. The zero-order chi connectivity index (χ0) is 22.7. The Morgan fingerprint density at radius 2 is 1.81 bits per heavy atom. The number of Topliss-reactive ketones (excluding diaryl/α,β-unsaturated/α-hetero) is 1. The Hall–Kier alpha value is -2.99. The number of rotatable bonds is 9. The van der Waals surface area contributed by atoms with Crippen LogP contribution in [-0.2, 0) is 6.54 Å². The third-order valence-corrected chi connectivity index (χ3v) is 6.53. The maximum atomic E-state index is 13.1. The summed E-state index contributed by atoms with van der Waals surface area (Å²) in [6, 6.07) is 18.1. The van der Waals surface area contributed by atoms with Crippen molar-refractivity contribution >= 4 is 28.6 Å². The highest BCUT2D eigenvalue weighted by Gasteiger charge is 2.18. The Balaban J connectivity index is 1.63. The molecule has 0 atom stereocenters. The van der Waals surface area contributed by atoms with Crippen LogP contribution in [0, 0.1) is 13.8 Å². The predicted octanol–water partition coefficient (Wildman–Crippen LogP) is 6.23. The number of aryl methyl sites for hydroxylation is 1. The summed E-state index contributed by atoms with van der Waals surface area (Å²) in [6.45, 7) is 9.80. The second-order valence-electron chi connectivity index (χ2n) is 7.79. The highest BCUT2D eigenvalue weighted by molar-refractivity contribution is 7.99. The van der Waals surface area contributed by atoms with Gasteiger partial charge < -0.3 is 9.30 Å². The molecule has 4 rings (SSSR count). The Kier molecular flexibility index (Phi) is 6.70. The maximum Gasteiger partial charge on any atom is 0.175 e. The first-order chi connectivity index (χ1) is 15.5. The van der Waals surface area contributed by atoms with Gasteiger partial charge in [-0.25, -0.2) is 4.98 Å². The van der Waals surface area contributed by atoms with Gasteiger partial charge in [0.2, 0.25) is 0 Å². The summed E-state index contributed by atoms with van der Waals surface area (Å²) in [4.78, 5) is 17.9. The van der Waals surface area contributed by atoms with E-state index in [1.165, 1.54) is 11.8 Å². The number of thioether (sulfide) groups is 1. The molecule has 2 aromatic carbocycles. The minimum absolute atomic E-state index is 0.135. The van der Waals surface area contributed by atoms with Gasteiger partial charge in [-0.2, -0.15) is 0 Å². The third-order valence-electron chi connectivity index (χ3n) is 5.59. The first-order valence-corrected chi connectivity index (χ1v) is 12.1. The van der Waals surface area contributed by atoms with Crippen molar-refractivity contribution in [3.63, 3.8) is 0 Å². The molecule has 0 saturated heterocycles. The second-order valence-corrected chi connectivity index (χ2v) is 8.74. The van der Waals surface area contributed by atoms with E-state index >= 15 is 0 Å². The fourth-order valence-corrected chi connectivity index (χ4v) is 4.98. The molecule has 0 spiro atoms. The summed E-state index contributed by atoms with van der Waals surface area (Å²) in [5, 5.41) is 0.811. The van der Waals surface area contributed by atoms with Gasteiger partial charge in [0.15, 0.2) is 10.9 Å². The number of benzene rings is 2. The van der Waals surface area contributed by atoms with E-state index in [2.05, 4.69) is 29.0 Å². The minimum atomic E-state index is 0.135. The molecule has 0 aliphatic carbocycles. The molecule has 0 bridgehead atoms. The average Bonchev–Trinajstić information content (AvgIpc) is 3.31. The lowest BCUT2D eigenvalue weighted by atomic mass is 10.2. The molecule has 2 heterocycles. The monoisotopic (exact) mass is 447 g/mol. The number of carbonyl (C=O) groups excluding carboxylic acids is 1. The van der Waals surface area contributed by atoms with Crippen LogP contribution >= 0.6 is 11.8 Å². The SMILES string of the molecule is CCCn1c(C)cc(C(=O)CSc2nc3ccccc3n2-c2ccc(OCC)cc2)c1C. The first-order valence-electron chi connectivity index (χ1n) is 11.1. The lowest BCUT2D eigenvalue weighted by molar-refractivity contribution is 0.102. The van der Waals surface area contributed by atoms with Crippen molar-refractivity contribution in [3.05, 3.63) is 71.5 Å². The number of imidazole rings is 1. The highest BCUT2D eigenvalue weighted by atomic mass is 32.2. The normalized spacial score (nSPS) is 11.2. The molecule has 0 aliphatic rings. The summed E-state index contributed by atoms with van der Waals surface area (Å²) in [5.41, 5.74) is 5.94. The fraction of sp³-hybridized carbons (Fsp3) is 0.308. The Morgan fingerprint density at radius 3 is 2.53 bits per heavy atom. The molecule has 6 heteroatoms. The van der Waals surface area contributed by atoms with E-state index in [9.17, 15) is 4.79 Å². The van der Waals surface area contributed by atoms with Crippen molar-refractivity contribution in [2.24, 2.45) is 0 Å². The number of hydrogen-bond donors (Lipinski definition) is 0. The van der Waals surface area contributed by atoms with Crippen LogP contribution in [0.5, 0.6) is 5.75 Å². The Labute approximate surface area is 193 Å². The van der Waals surface area contributed by atoms with E-state index in [-0.39, 0.29) is 5.78 Å². The zero-order valence-electron chi connectivity index (χ0n) is 19.1. The standard InChI is InChI=1S/C26H29N3O2S/c1-5-15-28-18(3)16-22(19(28)4)25(30)17-32-26-27-23-9-7-8-10-24(23)29(26)20-11-13-21(14-12-20)31-6-2/h7-14,16H,5-6,15,17H2,1-4H3. The van der Waals surface area contributed by atoms with Gasteiger partial charge in [-0.3, -0.25) is 9.36 Å². The number of hydrogen-bond acceptors (Lipinski definition) is 4. The molecule has 166 valence electrons. The van der Waals surface area contributed by atoms with Gasteiger partial charge in [-0.1, -0.05) is 30.8 Å². The lowest BCUT2D eigenvalue weighted by Gasteiger charge is -2.10. The van der Waals surface area contributed by atoms with Crippen LogP contribution < -0.4 is 4.74 Å². The number of aromatic nitrogens is 3. The van der Waals surface area contributed by atoms with Crippen molar-refractivity contribution in [2.75, 3.05) is 12.4 Å². The largest absolute Gasteiger partial charge is 0.494 e. The zero-order valence-corrected chi connectivity index (χ0v) is 19.9. The lowest BCUT2D eigenvalue weighted by Crippen LogP contribution is -2.07. The summed E-state index contributed by atoms with van der Waals surface area (Å²) < 4.78 is 9.93. The van der Waals surface area contributed by atoms with Crippen molar-refractivity contribution in [1.82, 2.24) is 14.1 Å². The number of ketones is 1. The predicted molar refractivity (Wildman–Crippen MR) is 131 cm³/mol. The van der Waals surface area contributed by atoms with Gasteiger partial charge in [0.25, 0.3) is 0 Å². The van der Waals surface area contributed by atoms with Crippen LogP contribution in [-0.4, -0.2) is 32.3 Å². The van der Waals surface area contributed by atoms with E-state index in [1.54, 1.807) is 0 Å². The molecule has 0 saturated carbocycles. The third kappa shape index (κ3) is 4.32. The first kappa shape index (κ1) is 22.2. The van der Waals surface area contributed by atoms with Gasteiger partial charge >= 0.3 is 0 Å². The summed E-state index contributed by atoms with van der Waals surface area (Å²) in [7, 11) is 0. The van der Waals surface area contributed by atoms with Crippen LogP contribution in [0.2, 0.25) is 0 Å². The van der Waals surface area contributed by atoms with Gasteiger partial charge in [-0.05, 0) is 69.7 Å². The van der Waals surface area contributed by atoms with Crippen molar-refractivity contribution in [2.45, 2.75) is 45.8 Å².